The second-order valence-electron chi connectivity index (χ2n) is 6.33. The average Bonchev–Trinajstić information content (AvgIpc) is 2.92. The first-order valence-corrected chi connectivity index (χ1v) is 8.25. The zero-order valence-electron chi connectivity index (χ0n) is 13.6. The van der Waals surface area contributed by atoms with Crippen LogP contribution in [0.5, 0.6) is 0 Å². The Balaban J connectivity index is 2.14. The third-order valence-electron chi connectivity index (χ3n) is 4.71. The highest BCUT2D eigenvalue weighted by molar-refractivity contribution is 5.10. The van der Waals surface area contributed by atoms with Gasteiger partial charge in [0.25, 0.3) is 0 Å². The van der Waals surface area contributed by atoms with Gasteiger partial charge in [-0.1, -0.05) is 19.8 Å². The van der Waals surface area contributed by atoms with E-state index in [-0.39, 0.29) is 11.6 Å². The molecule has 1 aliphatic rings. The van der Waals surface area contributed by atoms with Gasteiger partial charge in [0.15, 0.2) is 0 Å². The summed E-state index contributed by atoms with van der Waals surface area (Å²) < 4.78 is 8.19. The molecule has 1 saturated carbocycles. The second kappa shape index (κ2) is 7.38. The van der Waals surface area contributed by atoms with Crippen LogP contribution < -0.4 is 11.3 Å². The van der Waals surface area contributed by atoms with Crippen molar-refractivity contribution in [2.75, 3.05) is 6.61 Å². The summed E-state index contributed by atoms with van der Waals surface area (Å²) in [6, 6.07) is 0.134. The van der Waals surface area contributed by atoms with Crippen LogP contribution in [0.1, 0.15) is 52.0 Å². The molecule has 3 N–H and O–H groups in total. The molecule has 1 fully saturated rings. The minimum Gasteiger partial charge on any atom is -0.374 e. The lowest BCUT2D eigenvalue weighted by atomic mass is 9.73. The second-order valence-corrected chi connectivity index (χ2v) is 6.33. The van der Waals surface area contributed by atoms with Crippen LogP contribution in [-0.2, 0) is 17.7 Å². The molecule has 0 bridgehead atoms. The fourth-order valence-corrected chi connectivity index (χ4v) is 3.70. The summed E-state index contributed by atoms with van der Waals surface area (Å²) in [4.78, 5) is 0. The smallest absolute Gasteiger partial charge is 0.0853 e. The molecular formula is C16H30N4O. The lowest BCUT2D eigenvalue weighted by molar-refractivity contribution is -0.100. The summed E-state index contributed by atoms with van der Waals surface area (Å²) in [5.41, 5.74) is 4.11. The summed E-state index contributed by atoms with van der Waals surface area (Å²) in [5, 5.41) is 4.36. The molecular weight excluding hydrogens is 264 g/mol. The van der Waals surface area contributed by atoms with Crippen molar-refractivity contribution in [3.05, 3.63) is 18.0 Å². The molecule has 3 atom stereocenters. The summed E-state index contributed by atoms with van der Waals surface area (Å²) in [6.45, 7) is 8.12. The van der Waals surface area contributed by atoms with Gasteiger partial charge in [0.1, 0.15) is 0 Å². The Bertz CT molecular complexity index is 430. The number of hydrogen-bond donors (Lipinski definition) is 2. The van der Waals surface area contributed by atoms with Crippen LogP contribution in [0.2, 0.25) is 0 Å². The third kappa shape index (κ3) is 3.84. The maximum atomic E-state index is 6.23. The standard InChI is InChI=1S/C16H30N4O/c1-4-20-12-14(11-18-20)9-15(19-17)16(21-5-2)8-6-7-13(3)10-16/h11-13,15,19H,4-10,17H2,1-3H3. The quantitative estimate of drug-likeness (QED) is 0.598. The van der Waals surface area contributed by atoms with Gasteiger partial charge in [0.05, 0.1) is 17.8 Å². The zero-order chi connectivity index (χ0) is 15.3. The molecule has 21 heavy (non-hydrogen) atoms. The summed E-state index contributed by atoms with van der Waals surface area (Å²) in [7, 11) is 0. The minimum absolute atomic E-state index is 0.134. The molecule has 1 aliphatic carbocycles. The van der Waals surface area contributed by atoms with E-state index >= 15 is 0 Å². The minimum atomic E-state index is -0.143. The maximum Gasteiger partial charge on any atom is 0.0853 e. The number of hydrazine groups is 1. The van der Waals surface area contributed by atoms with Crippen molar-refractivity contribution < 1.29 is 4.74 Å². The van der Waals surface area contributed by atoms with Gasteiger partial charge in [0, 0.05) is 19.3 Å². The van der Waals surface area contributed by atoms with Crippen molar-refractivity contribution in [3.63, 3.8) is 0 Å². The predicted molar refractivity (Wildman–Crippen MR) is 84.7 cm³/mol. The number of aromatic nitrogens is 2. The van der Waals surface area contributed by atoms with Gasteiger partial charge in [-0.3, -0.25) is 16.0 Å². The summed E-state index contributed by atoms with van der Waals surface area (Å²) in [5.74, 6) is 6.59. The van der Waals surface area contributed by atoms with E-state index in [0.29, 0.717) is 5.92 Å². The van der Waals surface area contributed by atoms with Crippen molar-refractivity contribution in [1.29, 1.82) is 0 Å². The fraction of sp³-hybridized carbons (Fsp3) is 0.812. The van der Waals surface area contributed by atoms with Crippen molar-refractivity contribution in [3.8, 4) is 0 Å². The van der Waals surface area contributed by atoms with Crippen LogP contribution in [0.15, 0.2) is 12.4 Å². The van der Waals surface area contributed by atoms with Gasteiger partial charge in [-0.05, 0) is 44.6 Å². The van der Waals surface area contributed by atoms with E-state index in [1.54, 1.807) is 0 Å². The van der Waals surface area contributed by atoms with E-state index in [9.17, 15) is 0 Å². The molecule has 0 aliphatic heterocycles. The van der Waals surface area contributed by atoms with Gasteiger partial charge in [-0.15, -0.1) is 0 Å². The van der Waals surface area contributed by atoms with Gasteiger partial charge in [0.2, 0.25) is 0 Å². The largest absolute Gasteiger partial charge is 0.374 e. The molecule has 0 radical (unpaired) electrons. The number of aryl methyl sites for hydroxylation is 1. The van der Waals surface area contributed by atoms with E-state index < -0.39 is 0 Å². The highest BCUT2D eigenvalue weighted by atomic mass is 16.5. The van der Waals surface area contributed by atoms with Gasteiger partial charge >= 0.3 is 0 Å². The first-order valence-electron chi connectivity index (χ1n) is 8.25. The van der Waals surface area contributed by atoms with Crippen LogP contribution >= 0.6 is 0 Å². The third-order valence-corrected chi connectivity index (χ3v) is 4.71. The Labute approximate surface area is 128 Å². The van der Waals surface area contributed by atoms with Gasteiger partial charge < -0.3 is 4.74 Å². The van der Waals surface area contributed by atoms with E-state index in [4.69, 9.17) is 10.6 Å². The van der Waals surface area contributed by atoms with Crippen molar-refractivity contribution >= 4 is 0 Å². The Hall–Kier alpha value is -0.910. The first-order chi connectivity index (χ1) is 10.1. The highest BCUT2D eigenvalue weighted by Crippen LogP contribution is 2.38. The van der Waals surface area contributed by atoms with Crippen LogP contribution in [0.4, 0.5) is 0 Å². The fourth-order valence-electron chi connectivity index (χ4n) is 3.70. The summed E-state index contributed by atoms with van der Waals surface area (Å²) >= 11 is 0. The maximum absolute atomic E-state index is 6.23. The number of nitrogens with two attached hydrogens (primary N) is 1. The first kappa shape index (κ1) is 16.5. The number of nitrogens with zero attached hydrogens (tertiary/aromatic N) is 2. The normalized spacial score (nSPS) is 27.7. The SMILES string of the molecule is CCOC1(C(Cc2cnn(CC)c2)NN)CCCC(C)C1. The average molecular weight is 294 g/mol. The lowest BCUT2D eigenvalue weighted by Crippen LogP contribution is -2.57. The van der Waals surface area contributed by atoms with E-state index in [1.165, 1.54) is 18.4 Å². The van der Waals surface area contributed by atoms with Crippen LogP contribution in [0.3, 0.4) is 0 Å². The number of nitrogens with one attached hydrogen (secondary N) is 1. The zero-order valence-corrected chi connectivity index (χ0v) is 13.6. The topological polar surface area (TPSA) is 65.1 Å². The molecule has 2 rings (SSSR count). The van der Waals surface area contributed by atoms with Crippen molar-refractivity contribution in [1.82, 2.24) is 15.2 Å². The van der Waals surface area contributed by atoms with Gasteiger partial charge in [-0.2, -0.15) is 5.10 Å². The van der Waals surface area contributed by atoms with E-state index in [2.05, 4.69) is 37.5 Å². The van der Waals surface area contributed by atoms with Crippen LogP contribution in [0, 0.1) is 5.92 Å². The molecule has 120 valence electrons. The van der Waals surface area contributed by atoms with Gasteiger partial charge in [-0.25, -0.2) is 0 Å². The number of rotatable bonds is 7. The molecule has 0 saturated heterocycles. The van der Waals surface area contributed by atoms with E-state index in [1.807, 2.05) is 10.9 Å². The van der Waals surface area contributed by atoms with E-state index in [0.717, 1.165) is 32.4 Å². The molecule has 1 heterocycles. The van der Waals surface area contributed by atoms with Crippen molar-refractivity contribution in [2.45, 2.75) is 71.1 Å². The van der Waals surface area contributed by atoms with Crippen LogP contribution in [0.25, 0.3) is 0 Å². The molecule has 0 amide bonds. The lowest BCUT2D eigenvalue weighted by Gasteiger charge is -2.45. The Morgan fingerprint density at radius 1 is 1.57 bits per heavy atom. The molecule has 5 heteroatoms. The number of ether oxygens (including phenoxy) is 1. The molecule has 0 aromatic carbocycles. The molecule has 1 aromatic heterocycles. The summed E-state index contributed by atoms with van der Waals surface area (Å²) in [6.07, 6.45) is 9.59. The molecule has 1 aromatic rings. The Morgan fingerprint density at radius 3 is 2.95 bits per heavy atom. The highest BCUT2D eigenvalue weighted by Gasteiger charge is 2.42. The van der Waals surface area contributed by atoms with Crippen molar-refractivity contribution in [2.24, 2.45) is 11.8 Å². The molecule has 5 nitrogen and oxygen atoms in total. The Morgan fingerprint density at radius 2 is 2.38 bits per heavy atom. The Kier molecular flexibility index (Phi) is 5.79. The van der Waals surface area contributed by atoms with Crippen LogP contribution in [-0.4, -0.2) is 28.0 Å². The molecule has 0 spiro atoms. The monoisotopic (exact) mass is 294 g/mol. The predicted octanol–water partition coefficient (Wildman–Crippen LogP) is 2.26. The molecule has 3 unspecified atom stereocenters. The number of hydrogen-bond acceptors (Lipinski definition) is 4.